The molecule has 0 bridgehead atoms. The molecule has 0 saturated carbocycles. The van der Waals surface area contributed by atoms with Crippen molar-refractivity contribution in [2.45, 2.75) is 30.4 Å². The molecule has 150 valence electrons. The first-order chi connectivity index (χ1) is 13.9. The van der Waals surface area contributed by atoms with E-state index in [0.29, 0.717) is 23.4 Å². The third-order valence-electron chi connectivity index (χ3n) is 5.28. The van der Waals surface area contributed by atoms with E-state index in [0.717, 1.165) is 11.3 Å². The van der Waals surface area contributed by atoms with Crippen LogP contribution in [0.2, 0.25) is 5.02 Å². The molecule has 0 aromatic heterocycles. The third kappa shape index (κ3) is 3.57. The number of carbonyl (C=O) groups is 1. The number of anilines is 1. The third-order valence-corrected chi connectivity index (χ3v) is 7.53. The molecule has 0 N–H and O–H groups in total. The van der Waals surface area contributed by atoms with Crippen LogP contribution >= 0.6 is 11.6 Å². The molecule has 9 heteroatoms. The maximum atomic E-state index is 12.9. The highest BCUT2D eigenvalue weighted by Crippen LogP contribution is 2.36. The average Bonchev–Trinajstić information content (AvgIpc) is 2.74. The van der Waals surface area contributed by atoms with Gasteiger partial charge in [-0.1, -0.05) is 23.7 Å². The zero-order valence-electron chi connectivity index (χ0n) is 15.4. The van der Waals surface area contributed by atoms with Gasteiger partial charge in [0.05, 0.1) is 22.2 Å². The van der Waals surface area contributed by atoms with E-state index in [2.05, 4.69) is 0 Å². The monoisotopic (exact) mass is 431 g/mol. The van der Waals surface area contributed by atoms with Gasteiger partial charge in [0.1, 0.15) is 6.61 Å². The van der Waals surface area contributed by atoms with Crippen molar-refractivity contribution in [2.24, 2.45) is 0 Å². The number of rotatable bonds is 3. The normalized spacial score (nSPS) is 18.1. The zero-order valence-corrected chi connectivity index (χ0v) is 17.0. The predicted molar refractivity (Wildman–Crippen MR) is 107 cm³/mol. The molecule has 0 spiro atoms. The molecule has 7 nitrogen and oxygen atoms in total. The topological polar surface area (TPSA) is 90.7 Å². The van der Waals surface area contributed by atoms with Crippen LogP contribution in [0.5, 0.6) is 0 Å². The van der Waals surface area contributed by atoms with Crippen LogP contribution < -0.4 is 4.90 Å². The summed E-state index contributed by atoms with van der Waals surface area (Å²) < 4.78 is 32.6. The Kier molecular flexibility index (Phi) is 5.21. The van der Waals surface area contributed by atoms with Crippen LogP contribution in [0.1, 0.15) is 24.0 Å². The summed E-state index contributed by atoms with van der Waals surface area (Å²) in [4.78, 5) is 14.1. The number of nitrogens with zero attached hydrogens (tertiary/aromatic N) is 3. The molecule has 2 aliphatic rings. The van der Waals surface area contributed by atoms with Crippen LogP contribution in [0.4, 0.5) is 10.5 Å². The Morgan fingerprint density at radius 1 is 1.14 bits per heavy atom. The van der Waals surface area contributed by atoms with E-state index >= 15 is 0 Å². The second-order valence-electron chi connectivity index (χ2n) is 6.94. The Morgan fingerprint density at radius 2 is 1.86 bits per heavy atom. The molecule has 1 fully saturated rings. The lowest BCUT2D eigenvalue weighted by molar-refractivity contribution is 0.136. The van der Waals surface area contributed by atoms with Crippen molar-refractivity contribution in [3.05, 3.63) is 58.6 Å². The molecule has 1 amide bonds. The minimum absolute atomic E-state index is 0.101. The van der Waals surface area contributed by atoms with Gasteiger partial charge >= 0.3 is 6.09 Å². The number of amides is 1. The number of benzene rings is 2. The standard InChI is InChI=1S/C20H18ClN3O4S/c21-18-5-2-6-19-17(18)13-28-20(25)24(19)15-7-9-23(10-8-15)29(26,27)16-4-1-3-14(11-16)12-22/h1-6,11,15H,7-10,13H2. The van der Waals surface area contributed by atoms with Gasteiger partial charge in [-0.05, 0) is 43.2 Å². The highest BCUT2D eigenvalue weighted by atomic mass is 35.5. The number of hydrogen-bond acceptors (Lipinski definition) is 5. The molecule has 1 saturated heterocycles. The first-order valence-electron chi connectivity index (χ1n) is 9.15. The number of nitriles is 1. The molecule has 4 rings (SSSR count). The lowest BCUT2D eigenvalue weighted by Crippen LogP contribution is -2.50. The van der Waals surface area contributed by atoms with Crippen molar-refractivity contribution in [2.75, 3.05) is 18.0 Å². The molecule has 2 aromatic carbocycles. The van der Waals surface area contributed by atoms with Crippen molar-refractivity contribution in [3.63, 3.8) is 0 Å². The van der Waals surface area contributed by atoms with Crippen molar-refractivity contribution >= 4 is 33.4 Å². The number of carbonyl (C=O) groups excluding carboxylic acids is 1. The first-order valence-corrected chi connectivity index (χ1v) is 11.0. The number of sulfonamides is 1. The molecule has 2 aromatic rings. The minimum atomic E-state index is -3.70. The van der Waals surface area contributed by atoms with Crippen molar-refractivity contribution < 1.29 is 17.9 Å². The van der Waals surface area contributed by atoms with Gasteiger partial charge in [0.2, 0.25) is 10.0 Å². The number of ether oxygens (including phenoxy) is 1. The quantitative estimate of drug-likeness (QED) is 0.741. The van der Waals surface area contributed by atoms with E-state index in [1.807, 2.05) is 12.1 Å². The largest absolute Gasteiger partial charge is 0.444 e. The molecule has 0 unspecified atom stereocenters. The van der Waals surface area contributed by atoms with Gasteiger partial charge in [-0.2, -0.15) is 9.57 Å². The fourth-order valence-corrected chi connectivity index (χ4v) is 5.52. The van der Waals surface area contributed by atoms with Gasteiger partial charge in [-0.3, -0.25) is 4.90 Å². The second-order valence-corrected chi connectivity index (χ2v) is 9.28. The number of halogens is 1. The second kappa shape index (κ2) is 7.67. The van der Waals surface area contributed by atoms with Crippen LogP contribution in [0, 0.1) is 11.3 Å². The highest BCUT2D eigenvalue weighted by molar-refractivity contribution is 7.89. The van der Waals surface area contributed by atoms with Gasteiger partial charge in [-0.25, -0.2) is 13.2 Å². The van der Waals surface area contributed by atoms with E-state index < -0.39 is 16.1 Å². The number of hydrogen-bond donors (Lipinski definition) is 0. The maximum Gasteiger partial charge on any atom is 0.414 e. The Bertz CT molecular complexity index is 1100. The fourth-order valence-electron chi connectivity index (χ4n) is 3.78. The van der Waals surface area contributed by atoms with Crippen LogP contribution in [-0.2, 0) is 21.4 Å². The summed E-state index contributed by atoms with van der Waals surface area (Å²) in [5.41, 5.74) is 1.78. The number of fused-ring (bicyclic) bond motifs is 1. The predicted octanol–water partition coefficient (Wildman–Crippen LogP) is 3.52. The van der Waals surface area contributed by atoms with Gasteiger partial charge in [-0.15, -0.1) is 0 Å². The van der Waals surface area contributed by atoms with Crippen LogP contribution in [0.3, 0.4) is 0 Å². The molecule has 0 radical (unpaired) electrons. The maximum absolute atomic E-state index is 12.9. The van der Waals surface area contributed by atoms with E-state index in [1.165, 1.54) is 16.4 Å². The summed E-state index contributed by atoms with van der Waals surface area (Å²) in [5.74, 6) is 0. The van der Waals surface area contributed by atoms with E-state index in [9.17, 15) is 13.2 Å². The summed E-state index contributed by atoms with van der Waals surface area (Å²) >= 11 is 6.24. The molecule has 0 aliphatic carbocycles. The molecular formula is C20H18ClN3O4S. The van der Waals surface area contributed by atoms with Crippen LogP contribution in [0.15, 0.2) is 47.4 Å². The summed E-state index contributed by atoms with van der Waals surface area (Å²) in [7, 11) is -3.70. The van der Waals surface area contributed by atoms with E-state index in [4.69, 9.17) is 21.6 Å². The summed E-state index contributed by atoms with van der Waals surface area (Å²) in [6.07, 6.45) is 0.499. The lowest BCUT2D eigenvalue weighted by Gasteiger charge is -2.40. The van der Waals surface area contributed by atoms with Gasteiger partial charge < -0.3 is 4.74 Å². The molecule has 2 heterocycles. The van der Waals surface area contributed by atoms with Gasteiger partial charge in [0.25, 0.3) is 0 Å². The highest BCUT2D eigenvalue weighted by Gasteiger charge is 2.37. The molecule has 29 heavy (non-hydrogen) atoms. The lowest BCUT2D eigenvalue weighted by atomic mass is 10.0. The SMILES string of the molecule is N#Cc1cccc(S(=O)(=O)N2CCC(N3C(=O)OCc4c(Cl)cccc43)CC2)c1. The number of piperidine rings is 1. The minimum Gasteiger partial charge on any atom is -0.444 e. The zero-order chi connectivity index (χ0) is 20.6. The summed E-state index contributed by atoms with van der Waals surface area (Å²) in [5, 5.41) is 9.56. The van der Waals surface area contributed by atoms with Gasteiger partial charge in [0.15, 0.2) is 0 Å². The van der Waals surface area contributed by atoms with E-state index in [1.54, 1.807) is 29.2 Å². The van der Waals surface area contributed by atoms with Crippen molar-refractivity contribution in [1.29, 1.82) is 5.26 Å². The van der Waals surface area contributed by atoms with Crippen LogP contribution in [0.25, 0.3) is 0 Å². The number of cyclic esters (lactones) is 1. The van der Waals surface area contributed by atoms with Crippen molar-refractivity contribution in [1.82, 2.24) is 4.31 Å². The fraction of sp³-hybridized carbons (Fsp3) is 0.300. The van der Waals surface area contributed by atoms with E-state index in [-0.39, 0.29) is 30.6 Å². The van der Waals surface area contributed by atoms with Crippen LogP contribution in [-0.4, -0.2) is 37.9 Å². The Labute approximate surface area is 174 Å². The Balaban J connectivity index is 1.54. The first kappa shape index (κ1) is 19.7. The average molecular weight is 432 g/mol. The molecule has 2 aliphatic heterocycles. The van der Waals surface area contributed by atoms with Crippen molar-refractivity contribution in [3.8, 4) is 6.07 Å². The summed E-state index contributed by atoms with van der Waals surface area (Å²) in [6.45, 7) is 0.666. The Morgan fingerprint density at radius 3 is 2.59 bits per heavy atom. The summed E-state index contributed by atoms with van der Waals surface area (Å²) in [6, 6.07) is 13.1. The Hall–Kier alpha value is -2.60. The molecular weight excluding hydrogens is 414 g/mol. The molecule has 0 atom stereocenters. The van der Waals surface area contributed by atoms with Gasteiger partial charge in [0, 0.05) is 29.7 Å². The smallest absolute Gasteiger partial charge is 0.414 e.